The molecule has 0 spiro atoms. The minimum Gasteiger partial charge on any atom is -0.352 e. The molecule has 1 atom stereocenters. The average Bonchev–Trinajstić information content (AvgIpc) is 3.22. The molecule has 0 fully saturated rings. The van der Waals surface area contributed by atoms with Crippen molar-refractivity contribution in [2.24, 2.45) is 0 Å². The minimum absolute atomic E-state index is 0.104. The van der Waals surface area contributed by atoms with Gasteiger partial charge in [-0.2, -0.15) is 5.10 Å². The second kappa shape index (κ2) is 6.53. The Morgan fingerprint density at radius 1 is 1.40 bits per heavy atom. The molecule has 3 aromatic rings. The van der Waals surface area contributed by atoms with Gasteiger partial charge in [0.25, 0.3) is 5.56 Å². The van der Waals surface area contributed by atoms with Gasteiger partial charge in [-0.3, -0.25) is 19.3 Å². The number of nitrogens with one attached hydrogen (secondary N) is 2. The largest absolute Gasteiger partial charge is 0.352 e. The van der Waals surface area contributed by atoms with Crippen molar-refractivity contribution in [3.8, 4) is 0 Å². The van der Waals surface area contributed by atoms with Crippen molar-refractivity contribution in [3.63, 3.8) is 0 Å². The van der Waals surface area contributed by atoms with Crippen LogP contribution in [0.3, 0.4) is 0 Å². The van der Waals surface area contributed by atoms with E-state index in [2.05, 4.69) is 20.5 Å². The zero-order valence-corrected chi connectivity index (χ0v) is 14.6. The highest BCUT2D eigenvalue weighted by Crippen LogP contribution is 2.32. The zero-order valence-electron chi connectivity index (χ0n) is 13.0. The number of hydrogen-bond donors (Lipinski definition) is 2. The first-order chi connectivity index (χ1) is 12.1. The van der Waals surface area contributed by atoms with Gasteiger partial charge in [-0.25, -0.2) is 4.98 Å². The lowest BCUT2D eigenvalue weighted by Gasteiger charge is -2.13. The molecule has 0 bridgehead atoms. The normalized spacial score (nSPS) is 16.1. The summed E-state index contributed by atoms with van der Waals surface area (Å²) in [6, 6.07) is 7.10. The van der Waals surface area contributed by atoms with Gasteiger partial charge in [0, 0.05) is 23.7 Å². The van der Waals surface area contributed by atoms with E-state index in [4.69, 9.17) is 11.6 Å². The van der Waals surface area contributed by atoms with Crippen molar-refractivity contribution in [3.05, 3.63) is 51.4 Å². The van der Waals surface area contributed by atoms with Gasteiger partial charge in [0.1, 0.15) is 5.39 Å². The first kappa shape index (κ1) is 16.2. The fourth-order valence-electron chi connectivity index (χ4n) is 2.80. The number of nitrogens with zero attached hydrogens (tertiary/aromatic N) is 3. The maximum absolute atomic E-state index is 12.6. The molecule has 4 rings (SSSR count). The van der Waals surface area contributed by atoms with Crippen LogP contribution in [0, 0.1) is 0 Å². The fourth-order valence-corrected chi connectivity index (χ4v) is 4.06. The average molecular weight is 376 g/mol. The molecule has 25 heavy (non-hydrogen) atoms. The molecule has 9 heteroatoms. The summed E-state index contributed by atoms with van der Waals surface area (Å²) in [5, 5.41) is 11.2. The molecule has 1 aromatic carbocycles. The van der Waals surface area contributed by atoms with Gasteiger partial charge in [0.2, 0.25) is 5.91 Å². The highest BCUT2D eigenvalue weighted by Gasteiger charge is 2.28. The number of thioether (sulfide) groups is 1. The monoisotopic (exact) mass is 375 g/mol. The van der Waals surface area contributed by atoms with Crippen molar-refractivity contribution >= 4 is 40.3 Å². The van der Waals surface area contributed by atoms with E-state index in [1.54, 1.807) is 16.7 Å². The van der Waals surface area contributed by atoms with Gasteiger partial charge in [-0.05, 0) is 17.7 Å². The molecule has 2 N–H and O–H groups in total. The quantitative estimate of drug-likeness (QED) is 0.681. The maximum atomic E-state index is 12.6. The summed E-state index contributed by atoms with van der Waals surface area (Å²) in [5.41, 5.74) is 1.30. The first-order valence-corrected chi connectivity index (χ1v) is 9.08. The van der Waals surface area contributed by atoms with E-state index in [0.717, 1.165) is 5.56 Å². The second-order valence-electron chi connectivity index (χ2n) is 5.77. The first-order valence-electron chi connectivity index (χ1n) is 7.71. The molecule has 7 nitrogen and oxygen atoms in total. The molecule has 1 amide bonds. The number of amides is 1. The number of fused-ring (bicyclic) bond motifs is 2. The van der Waals surface area contributed by atoms with Crippen molar-refractivity contribution < 1.29 is 4.79 Å². The predicted octanol–water partition coefficient (Wildman–Crippen LogP) is 2.13. The van der Waals surface area contributed by atoms with Gasteiger partial charge in [-0.15, -0.1) is 0 Å². The molecule has 2 aromatic heterocycles. The summed E-state index contributed by atoms with van der Waals surface area (Å²) in [6.45, 7) is 0.427. The Morgan fingerprint density at radius 3 is 3.00 bits per heavy atom. The Bertz CT molecular complexity index is 998. The lowest BCUT2D eigenvalue weighted by atomic mass is 10.2. The molecule has 0 saturated heterocycles. The summed E-state index contributed by atoms with van der Waals surface area (Å²) in [5.74, 6) is 0.545. The Hall–Kier alpha value is -2.32. The Morgan fingerprint density at radius 2 is 2.20 bits per heavy atom. The van der Waals surface area contributed by atoms with Crippen LogP contribution in [-0.2, 0) is 11.3 Å². The summed E-state index contributed by atoms with van der Waals surface area (Å²) >= 11 is 7.32. The van der Waals surface area contributed by atoms with E-state index in [1.807, 2.05) is 12.1 Å². The van der Waals surface area contributed by atoms with Gasteiger partial charge >= 0.3 is 0 Å². The van der Waals surface area contributed by atoms with E-state index in [1.165, 1.54) is 18.0 Å². The van der Waals surface area contributed by atoms with E-state index < -0.39 is 0 Å². The highest BCUT2D eigenvalue weighted by molar-refractivity contribution is 7.99. The number of hydrogen-bond acceptors (Lipinski definition) is 5. The third-order valence-corrected chi connectivity index (χ3v) is 5.43. The zero-order chi connectivity index (χ0) is 17.4. The van der Waals surface area contributed by atoms with Crippen LogP contribution in [0.1, 0.15) is 18.0 Å². The maximum Gasteiger partial charge on any atom is 0.265 e. The number of rotatable bonds is 4. The van der Waals surface area contributed by atoms with Gasteiger partial charge in [0.05, 0.1) is 12.2 Å². The van der Waals surface area contributed by atoms with Crippen molar-refractivity contribution in [2.45, 2.75) is 24.2 Å². The molecular formula is C16H14ClN5O2S. The minimum atomic E-state index is -0.204. The Kier molecular flexibility index (Phi) is 4.22. The SMILES string of the molecule is O=C(CC1CSc2nc3[nH]ncc3c(=O)n21)NCc1ccc(Cl)cc1. The number of aromatic nitrogens is 4. The van der Waals surface area contributed by atoms with E-state index in [9.17, 15) is 9.59 Å². The van der Waals surface area contributed by atoms with Crippen LogP contribution in [0.25, 0.3) is 11.0 Å². The summed E-state index contributed by atoms with van der Waals surface area (Å²) in [7, 11) is 0. The van der Waals surface area contributed by atoms with Gasteiger partial charge in [-0.1, -0.05) is 35.5 Å². The predicted molar refractivity (Wildman–Crippen MR) is 95.8 cm³/mol. The molecule has 0 radical (unpaired) electrons. The Balaban J connectivity index is 1.47. The third kappa shape index (κ3) is 3.14. The molecular weight excluding hydrogens is 362 g/mol. The second-order valence-corrected chi connectivity index (χ2v) is 7.20. The Labute approximate surface area is 151 Å². The number of carbonyl (C=O) groups excluding carboxylic acids is 1. The molecule has 1 aliphatic rings. The summed E-state index contributed by atoms with van der Waals surface area (Å²) < 4.78 is 1.60. The van der Waals surface area contributed by atoms with Crippen molar-refractivity contribution in [2.75, 3.05) is 5.75 Å². The van der Waals surface area contributed by atoms with Crippen LogP contribution in [0.5, 0.6) is 0 Å². The topological polar surface area (TPSA) is 92.7 Å². The molecule has 3 heterocycles. The van der Waals surface area contributed by atoms with E-state index in [-0.39, 0.29) is 23.9 Å². The number of H-pyrrole nitrogens is 1. The fraction of sp³-hybridized carbons (Fsp3) is 0.250. The van der Waals surface area contributed by atoms with Crippen LogP contribution < -0.4 is 10.9 Å². The van der Waals surface area contributed by atoms with Gasteiger partial charge in [0.15, 0.2) is 10.8 Å². The molecule has 1 aliphatic heterocycles. The van der Waals surface area contributed by atoms with Gasteiger partial charge < -0.3 is 5.32 Å². The lowest BCUT2D eigenvalue weighted by Crippen LogP contribution is -2.30. The number of benzene rings is 1. The lowest BCUT2D eigenvalue weighted by molar-refractivity contribution is -0.121. The molecule has 128 valence electrons. The van der Waals surface area contributed by atoms with Crippen molar-refractivity contribution in [1.29, 1.82) is 0 Å². The number of carbonyl (C=O) groups is 1. The molecule has 0 saturated carbocycles. The van der Waals surface area contributed by atoms with Crippen LogP contribution in [-0.4, -0.2) is 31.4 Å². The molecule has 1 unspecified atom stereocenters. The smallest absolute Gasteiger partial charge is 0.265 e. The highest BCUT2D eigenvalue weighted by atomic mass is 35.5. The van der Waals surface area contributed by atoms with E-state index >= 15 is 0 Å². The summed E-state index contributed by atoms with van der Waals surface area (Å²) in [6.07, 6.45) is 1.71. The van der Waals surface area contributed by atoms with E-state index in [0.29, 0.717) is 33.5 Å². The standard InChI is InChI=1S/C16H14ClN5O2S/c17-10-3-1-9(2-4-10)6-18-13(23)5-11-8-25-16-20-14-12(7-19-21-14)15(24)22(11)16/h1-4,7,11H,5-6,8H2,(H,18,23)(H,19,21). The van der Waals surface area contributed by atoms with Crippen molar-refractivity contribution in [1.82, 2.24) is 25.1 Å². The van der Waals surface area contributed by atoms with Crippen LogP contribution >= 0.6 is 23.4 Å². The van der Waals surface area contributed by atoms with Crippen LogP contribution in [0.15, 0.2) is 40.4 Å². The molecule has 0 aliphatic carbocycles. The third-order valence-electron chi connectivity index (χ3n) is 4.08. The number of aromatic amines is 1. The number of halogens is 1. The van der Waals surface area contributed by atoms with Crippen LogP contribution in [0.2, 0.25) is 5.02 Å². The van der Waals surface area contributed by atoms with Crippen LogP contribution in [0.4, 0.5) is 0 Å². The summed E-state index contributed by atoms with van der Waals surface area (Å²) in [4.78, 5) is 29.3.